The molecule has 2 aliphatic carbocycles. The van der Waals surface area contributed by atoms with Crippen LogP contribution in [0.2, 0.25) is 0 Å². The molecule has 2 aliphatic heterocycles. The maximum absolute atomic E-state index is 13.0. The lowest BCUT2D eigenvalue weighted by Crippen LogP contribution is -2.39. The van der Waals surface area contributed by atoms with Gasteiger partial charge in [-0.25, -0.2) is 0 Å². The summed E-state index contributed by atoms with van der Waals surface area (Å²) in [5.74, 6) is -4.19. The molecule has 8 unspecified atom stereocenters. The molecule has 10 nitrogen and oxygen atoms in total. The summed E-state index contributed by atoms with van der Waals surface area (Å²) in [6.45, 7) is 4.86. The molecule has 0 aromatic heterocycles. The van der Waals surface area contributed by atoms with Crippen molar-refractivity contribution in [1.82, 2.24) is 0 Å². The summed E-state index contributed by atoms with van der Waals surface area (Å²) in [4.78, 5) is 51.9. The smallest absolute Gasteiger partial charge is 0.310 e. The first-order chi connectivity index (χ1) is 22.4. The maximum Gasteiger partial charge on any atom is 0.310 e. The second-order valence-electron chi connectivity index (χ2n) is 13.7. The molecule has 8 atom stereocenters. The van der Waals surface area contributed by atoms with Crippen molar-refractivity contribution in [2.24, 2.45) is 23.7 Å². The Morgan fingerprint density at radius 3 is 0.978 bits per heavy atom. The van der Waals surface area contributed by atoms with E-state index in [1.165, 1.54) is 51.4 Å². The van der Waals surface area contributed by atoms with E-state index in [0.717, 1.165) is 38.5 Å². The first-order valence-corrected chi connectivity index (χ1v) is 18.4. The molecule has 2 saturated heterocycles. The third-order valence-electron chi connectivity index (χ3n) is 10.1. The van der Waals surface area contributed by atoms with E-state index >= 15 is 0 Å². The van der Waals surface area contributed by atoms with Crippen LogP contribution in [0.15, 0.2) is 0 Å². The Morgan fingerprint density at radius 1 is 0.413 bits per heavy atom. The number of unbranched alkanes of at least 4 members (excludes halogenated alkanes) is 12. The average Bonchev–Trinajstić information content (AvgIpc) is 3.99. The van der Waals surface area contributed by atoms with Gasteiger partial charge in [0, 0.05) is 0 Å². The van der Waals surface area contributed by atoms with Crippen molar-refractivity contribution in [3.63, 3.8) is 0 Å². The number of epoxide rings is 2. The molecule has 4 rings (SSSR count). The second-order valence-corrected chi connectivity index (χ2v) is 13.7. The predicted octanol–water partition coefficient (Wildman–Crippen LogP) is 6.25. The topological polar surface area (TPSA) is 130 Å². The van der Waals surface area contributed by atoms with Crippen molar-refractivity contribution in [3.05, 3.63) is 0 Å². The Hall–Kier alpha value is -2.20. The zero-order valence-electron chi connectivity index (χ0n) is 28.3. The summed E-state index contributed by atoms with van der Waals surface area (Å²) < 4.78 is 33.3. The van der Waals surface area contributed by atoms with Gasteiger partial charge in [0.15, 0.2) is 0 Å². The monoisotopic (exact) mass is 650 g/mol. The van der Waals surface area contributed by atoms with Crippen molar-refractivity contribution in [2.75, 3.05) is 26.4 Å². The number of carbonyl (C=O) groups is 4. The third kappa shape index (κ3) is 11.8. The van der Waals surface area contributed by atoms with Gasteiger partial charge in [0.1, 0.15) is 13.2 Å². The lowest BCUT2D eigenvalue weighted by molar-refractivity contribution is -0.167. The van der Waals surface area contributed by atoms with E-state index < -0.39 is 35.6 Å². The minimum absolute atomic E-state index is 0.00171. The van der Waals surface area contributed by atoms with E-state index in [9.17, 15) is 19.2 Å². The highest BCUT2D eigenvalue weighted by Gasteiger charge is 2.55. The number of ether oxygens (including phenoxy) is 6. The van der Waals surface area contributed by atoms with Gasteiger partial charge in [0.2, 0.25) is 0 Å². The van der Waals surface area contributed by atoms with Gasteiger partial charge in [-0.1, -0.05) is 90.9 Å². The number of hydrogen-bond acceptors (Lipinski definition) is 10. The molecule has 0 bridgehead atoms. The quantitative estimate of drug-likeness (QED) is 0.0542. The van der Waals surface area contributed by atoms with Crippen molar-refractivity contribution in [2.45, 2.75) is 154 Å². The van der Waals surface area contributed by atoms with Gasteiger partial charge in [-0.05, 0) is 38.5 Å². The van der Waals surface area contributed by atoms with Crippen LogP contribution in [0.5, 0.6) is 0 Å². The second kappa shape index (κ2) is 19.6. The first-order valence-electron chi connectivity index (χ1n) is 18.4. The van der Waals surface area contributed by atoms with Gasteiger partial charge < -0.3 is 28.4 Å². The number of carbonyl (C=O) groups excluding carboxylic acids is 4. The van der Waals surface area contributed by atoms with Crippen LogP contribution in [0.25, 0.3) is 0 Å². The molecule has 2 heterocycles. The Balaban J connectivity index is 1.13. The molecule has 46 heavy (non-hydrogen) atoms. The summed E-state index contributed by atoms with van der Waals surface area (Å²) >= 11 is 0. The summed E-state index contributed by atoms with van der Waals surface area (Å²) in [6, 6.07) is 0. The van der Waals surface area contributed by atoms with Crippen LogP contribution < -0.4 is 0 Å². The molecule has 262 valence electrons. The van der Waals surface area contributed by atoms with Crippen molar-refractivity contribution in [1.29, 1.82) is 0 Å². The summed E-state index contributed by atoms with van der Waals surface area (Å²) in [6.07, 6.45) is 17.5. The Kier molecular flexibility index (Phi) is 15.6. The fourth-order valence-electron chi connectivity index (χ4n) is 7.06. The van der Waals surface area contributed by atoms with E-state index in [2.05, 4.69) is 13.8 Å². The SMILES string of the molecule is CCCCCCCCCOC(=O)C1CC2OC2CC1C(=O)OCCOC(=O)C1CC2OC2CC1C(=O)OCCCCCCCCC. The molecular weight excluding hydrogens is 592 g/mol. The minimum atomic E-state index is -0.640. The van der Waals surface area contributed by atoms with Gasteiger partial charge in [-0.2, -0.15) is 0 Å². The Labute approximate surface area is 275 Å². The molecule has 0 spiro atoms. The van der Waals surface area contributed by atoms with Gasteiger partial charge in [-0.15, -0.1) is 0 Å². The maximum atomic E-state index is 13.0. The van der Waals surface area contributed by atoms with Crippen LogP contribution in [0.1, 0.15) is 129 Å². The summed E-state index contributed by atoms with van der Waals surface area (Å²) in [5, 5.41) is 0. The number of hydrogen-bond donors (Lipinski definition) is 0. The van der Waals surface area contributed by atoms with E-state index in [-0.39, 0.29) is 49.6 Å². The number of rotatable bonds is 23. The lowest BCUT2D eigenvalue weighted by atomic mass is 9.79. The van der Waals surface area contributed by atoms with E-state index in [1.807, 2.05) is 0 Å². The average molecular weight is 651 g/mol. The normalized spacial score (nSPS) is 29.2. The third-order valence-corrected chi connectivity index (χ3v) is 10.1. The van der Waals surface area contributed by atoms with Gasteiger partial charge >= 0.3 is 23.9 Å². The standard InChI is InChI=1S/C36H58O10/c1-3-5-7-9-11-13-15-17-41-33(37)25-21-29-31(45-29)23-27(25)35(39)43-19-20-44-36(40)28-24-32-30(46-32)22-26(28)34(38)42-18-16-14-12-10-8-6-4-2/h25-32H,3-24H2,1-2H3. The minimum Gasteiger partial charge on any atom is -0.465 e. The number of esters is 4. The van der Waals surface area contributed by atoms with E-state index in [0.29, 0.717) is 38.9 Å². The van der Waals surface area contributed by atoms with Crippen molar-refractivity contribution in [3.8, 4) is 0 Å². The van der Waals surface area contributed by atoms with Gasteiger partial charge in [-0.3, -0.25) is 19.2 Å². The van der Waals surface area contributed by atoms with Crippen molar-refractivity contribution >= 4 is 23.9 Å². The van der Waals surface area contributed by atoms with Gasteiger partial charge in [0.05, 0.1) is 61.3 Å². The molecule has 0 amide bonds. The van der Waals surface area contributed by atoms with Crippen LogP contribution in [0.4, 0.5) is 0 Å². The van der Waals surface area contributed by atoms with Crippen LogP contribution in [-0.4, -0.2) is 74.7 Å². The molecular formula is C36H58O10. The van der Waals surface area contributed by atoms with Gasteiger partial charge in [0.25, 0.3) is 0 Å². The fourth-order valence-corrected chi connectivity index (χ4v) is 7.06. The fraction of sp³-hybridized carbons (Fsp3) is 0.889. The Morgan fingerprint density at radius 2 is 0.674 bits per heavy atom. The van der Waals surface area contributed by atoms with Crippen molar-refractivity contribution < 1.29 is 47.6 Å². The first kappa shape index (κ1) is 36.6. The van der Waals surface area contributed by atoms with Crippen LogP contribution >= 0.6 is 0 Å². The molecule has 0 aromatic rings. The molecule has 4 aliphatic rings. The highest BCUT2D eigenvalue weighted by atomic mass is 16.6. The van der Waals surface area contributed by atoms with Crippen LogP contribution in [0, 0.1) is 23.7 Å². The highest BCUT2D eigenvalue weighted by molar-refractivity contribution is 5.83. The predicted molar refractivity (Wildman–Crippen MR) is 170 cm³/mol. The molecule has 0 N–H and O–H groups in total. The molecule has 2 saturated carbocycles. The lowest BCUT2D eigenvalue weighted by Gasteiger charge is -2.27. The number of fused-ring (bicyclic) bond motifs is 2. The molecule has 0 radical (unpaired) electrons. The zero-order valence-corrected chi connectivity index (χ0v) is 28.3. The largest absolute Gasteiger partial charge is 0.465 e. The Bertz CT molecular complexity index is 892. The summed E-state index contributed by atoms with van der Waals surface area (Å²) in [7, 11) is 0. The van der Waals surface area contributed by atoms with Crippen LogP contribution in [-0.2, 0) is 47.6 Å². The van der Waals surface area contributed by atoms with Crippen LogP contribution in [0.3, 0.4) is 0 Å². The molecule has 0 aromatic carbocycles. The highest BCUT2D eigenvalue weighted by Crippen LogP contribution is 2.45. The van der Waals surface area contributed by atoms with E-state index in [1.54, 1.807) is 0 Å². The summed E-state index contributed by atoms with van der Waals surface area (Å²) in [5.41, 5.74) is 0. The molecule has 10 heteroatoms. The zero-order chi connectivity index (χ0) is 32.7. The molecule has 4 fully saturated rings. The van der Waals surface area contributed by atoms with E-state index in [4.69, 9.17) is 28.4 Å².